The van der Waals surface area contributed by atoms with Crippen LogP contribution in [0.1, 0.15) is 6.92 Å². The largest absolute Gasteiger partial charge is 0.472 e. The zero-order chi connectivity index (χ0) is 8.15. The van der Waals surface area contributed by atoms with E-state index in [1.807, 2.05) is 19.0 Å². The van der Waals surface area contributed by atoms with E-state index in [0.717, 1.165) is 0 Å². The van der Waals surface area contributed by atoms with Crippen LogP contribution in [0.15, 0.2) is 0 Å². The average Bonchev–Trinajstić information content (AvgIpc) is 1.58. The van der Waals surface area contributed by atoms with Gasteiger partial charge in [-0.05, 0) is 14.1 Å². The first-order chi connectivity index (χ1) is 4.52. The van der Waals surface area contributed by atoms with Crippen LogP contribution in [0.2, 0.25) is 0 Å². The first-order valence-electron chi connectivity index (χ1n) is 3.10. The first kappa shape index (κ1) is 9.49. The molecule has 0 amide bonds. The summed E-state index contributed by atoms with van der Waals surface area (Å²) in [7, 11) is 9.12. The van der Waals surface area contributed by atoms with Gasteiger partial charge in [0.25, 0.3) is 0 Å². The number of hydrogen-bond acceptors (Lipinski definition) is 3. The predicted octanol–water partition coefficient (Wildman–Crippen LogP) is -0.394. The zero-order valence-corrected chi connectivity index (χ0v) is 6.63. The molecule has 1 unspecified atom stereocenters. The Kier molecular flexibility index (Phi) is 4.11. The summed E-state index contributed by atoms with van der Waals surface area (Å²) < 4.78 is 4.66. The van der Waals surface area contributed by atoms with E-state index in [1.54, 1.807) is 0 Å². The second kappa shape index (κ2) is 4.33. The molecule has 0 fully saturated rings. The van der Waals surface area contributed by atoms with Crippen LogP contribution < -0.4 is 0 Å². The molecule has 0 aliphatic rings. The molecule has 2 radical (unpaired) electrons. The lowest BCUT2D eigenvalue weighted by Gasteiger charge is -2.16. The molecule has 1 atom stereocenters. The van der Waals surface area contributed by atoms with Crippen molar-refractivity contribution in [2.24, 2.45) is 0 Å². The maximum absolute atomic E-state index is 10.3. The fourth-order valence-electron chi connectivity index (χ4n) is 0.610. The molecule has 10 heavy (non-hydrogen) atoms. The van der Waals surface area contributed by atoms with Crippen LogP contribution in [0.25, 0.3) is 0 Å². The molecular weight excluding hydrogens is 129 g/mol. The molecule has 0 N–H and O–H groups in total. The van der Waals surface area contributed by atoms with Crippen molar-refractivity contribution in [2.75, 3.05) is 20.6 Å². The van der Waals surface area contributed by atoms with Gasteiger partial charge in [0.15, 0.2) is 0 Å². The van der Waals surface area contributed by atoms with Crippen molar-refractivity contribution in [1.29, 1.82) is 0 Å². The molecule has 4 heteroatoms. The number of esters is 1. The summed E-state index contributed by atoms with van der Waals surface area (Å²) in [4.78, 5) is 12.2. The Morgan fingerprint density at radius 2 is 2.20 bits per heavy atom. The molecule has 3 nitrogen and oxygen atoms in total. The van der Waals surface area contributed by atoms with E-state index in [9.17, 15) is 4.79 Å². The van der Waals surface area contributed by atoms with Gasteiger partial charge in [-0.3, -0.25) is 4.79 Å². The molecule has 0 aliphatic carbocycles. The molecule has 0 saturated carbocycles. The Morgan fingerprint density at radius 3 is 2.50 bits per heavy atom. The number of rotatable bonds is 3. The minimum absolute atomic E-state index is 0.339. The van der Waals surface area contributed by atoms with E-state index < -0.39 is 6.00 Å². The number of nitrogens with zero attached hydrogens (tertiary/aromatic N) is 1. The summed E-state index contributed by atoms with van der Waals surface area (Å²) >= 11 is 0. The normalized spacial score (nSPS) is 13.2. The van der Waals surface area contributed by atoms with Gasteiger partial charge in [-0.15, -0.1) is 0 Å². The Hall–Kier alpha value is -0.505. The summed E-state index contributed by atoms with van der Waals surface area (Å²) in [6.07, 6.45) is 0. The van der Waals surface area contributed by atoms with E-state index in [4.69, 9.17) is 7.85 Å². The highest BCUT2D eigenvalue weighted by Gasteiger charge is 2.04. The van der Waals surface area contributed by atoms with Crippen molar-refractivity contribution in [3.05, 3.63) is 0 Å². The topological polar surface area (TPSA) is 29.5 Å². The number of carbonyl (C=O) groups excluding carboxylic acids is 1. The number of hydrogen-bond donors (Lipinski definition) is 0. The second-order valence-corrected chi connectivity index (χ2v) is 2.41. The Bertz CT molecular complexity index is 116. The minimum Gasteiger partial charge on any atom is -0.472 e. The molecule has 0 bridgehead atoms. The van der Waals surface area contributed by atoms with Crippen LogP contribution in [-0.2, 0) is 9.53 Å². The smallest absolute Gasteiger partial charge is 0.302 e. The van der Waals surface area contributed by atoms with Crippen molar-refractivity contribution < 1.29 is 9.53 Å². The van der Waals surface area contributed by atoms with E-state index in [0.29, 0.717) is 6.54 Å². The maximum atomic E-state index is 10.3. The van der Waals surface area contributed by atoms with Crippen molar-refractivity contribution in [3.63, 3.8) is 0 Å². The van der Waals surface area contributed by atoms with Gasteiger partial charge >= 0.3 is 5.97 Å². The predicted molar refractivity (Wildman–Crippen MR) is 39.9 cm³/mol. The molecule has 0 aromatic heterocycles. The number of ether oxygens (including phenoxy) is 1. The quantitative estimate of drug-likeness (QED) is 0.395. The monoisotopic (exact) mass is 141 g/mol. The van der Waals surface area contributed by atoms with Crippen molar-refractivity contribution >= 4 is 13.8 Å². The summed E-state index contributed by atoms with van der Waals surface area (Å²) in [5.74, 6) is -0.339. The fourth-order valence-corrected chi connectivity index (χ4v) is 0.610. The highest BCUT2D eigenvalue weighted by Crippen LogP contribution is 1.88. The third-order valence-electron chi connectivity index (χ3n) is 0.862. The third-order valence-corrected chi connectivity index (χ3v) is 0.862. The lowest BCUT2D eigenvalue weighted by molar-refractivity contribution is -0.143. The van der Waals surface area contributed by atoms with Gasteiger partial charge in [0.1, 0.15) is 7.85 Å². The van der Waals surface area contributed by atoms with E-state index in [1.165, 1.54) is 6.92 Å². The SMILES string of the molecule is [B]C(CN(C)C)OC(C)=O. The summed E-state index contributed by atoms with van der Waals surface area (Å²) in [6, 6.07) is -0.507. The molecule has 0 aromatic carbocycles. The highest BCUT2D eigenvalue weighted by molar-refractivity contribution is 6.11. The Labute approximate surface area is 62.8 Å². The summed E-state index contributed by atoms with van der Waals surface area (Å²) in [6.45, 7) is 1.90. The minimum atomic E-state index is -0.507. The van der Waals surface area contributed by atoms with Crippen LogP contribution in [0.4, 0.5) is 0 Å². The second-order valence-electron chi connectivity index (χ2n) is 2.41. The molecule has 0 heterocycles. The van der Waals surface area contributed by atoms with Crippen molar-refractivity contribution in [1.82, 2.24) is 4.90 Å². The molecule has 0 spiro atoms. The van der Waals surface area contributed by atoms with E-state index in [-0.39, 0.29) is 5.97 Å². The fraction of sp³-hybridized carbons (Fsp3) is 0.833. The van der Waals surface area contributed by atoms with Crippen LogP contribution in [0, 0.1) is 0 Å². The van der Waals surface area contributed by atoms with Crippen LogP contribution >= 0.6 is 0 Å². The number of carbonyl (C=O) groups is 1. The Balaban J connectivity index is 3.43. The van der Waals surface area contributed by atoms with Crippen LogP contribution in [0.3, 0.4) is 0 Å². The first-order valence-corrected chi connectivity index (χ1v) is 3.10. The molecule has 56 valence electrons. The average molecular weight is 141 g/mol. The van der Waals surface area contributed by atoms with Gasteiger partial charge in [-0.1, -0.05) is 0 Å². The molecule has 0 aliphatic heterocycles. The molecule has 0 aromatic rings. The maximum Gasteiger partial charge on any atom is 0.302 e. The lowest BCUT2D eigenvalue weighted by Crippen LogP contribution is -2.29. The highest BCUT2D eigenvalue weighted by atomic mass is 16.5. The van der Waals surface area contributed by atoms with Gasteiger partial charge in [-0.2, -0.15) is 0 Å². The van der Waals surface area contributed by atoms with Crippen molar-refractivity contribution in [2.45, 2.75) is 12.9 Å². The summed E-state index contributed by atoms with van der Waals surface area (Å²) in [5.41, 5.74) is 0. The van der Waals surface area contributed by atoms with Crippen molar-refractivity contribution in [3.8, 4) is 0 Å². The van der Waals surface area contributed by atoms with Gasteiger partial charge in [-0.25, -0.2) is 0 Å². The number of likely N-dealkylation sites (N-methyl/N-ethyl adjacent to an activating group) is 1. The molecule has 0 rings (SSSR count). The Morgan fingerprint density at radius 1 is 1.70 bits per heavy atom. The standard InChI is InChI=1S/C6H12BNO2/c1-5(9)10-6(7)4-8(2)3/h6H,4H2,1-3H3. The molecular formula is C6H12BNO2. The molecule has 0 saturated heterocycles. The van der Waals surface area contributed by atoms with Gasteiger partial charge in [0.05, 0.1) is 6.00 Å². The van der Waals surface area contributed by atoms with Crippen LogP contribution in [-0.4, -0.2) is 45.4 Å². The summed E-state index contributed by atoms with van der Waals surface area (Å²) in [5, 5.41) is 0. The van der Waals surface area contributed by atoms with Gasteiger partial charge in [0.2, 0.25) is 0 Å². The van der Waals surface area contributed by atoms with E-state index in [2.05, 4.69) is 4.74 Å². The van der Waals surface area contributed by atoms with Crippen LogP contribution in [0.5, 0.6) is 0 Å². The third kappa shape index (κ3) is 5.63. The van der Waals surface area contributed by atoms with Gasteiger partial charge < -0.3 is 9.64 Å². The lowest BCUT2D eigenvalue weighted by atomic mass is 10.00. The zero-order valence-electron chi connectivity index (χ0n) is 6.63. The van der Waals surface area contributed by atoms with E-state index >= 15 is 0 Å². The van der Waals surface area contributed by atoms with Gasteiger partial charge in [0, 0.05) is 13.5 Å².